The number of carbonyl (C=O) groups is 2. The minimum Gasteiger partial charge on any atom is -0.466 e. The summed E-state index contributed by atoms with van der Waals surface area (Å²) in [5.74, 6) is 0.212. The van der Waals surface area contributed by atoms with Crippen molar-refractivity contribution in [3.8, 4) is 0 Å². The van der Waals surface area contributed by atoms with Gasteiger partial charge in [-0.25, -0.2) is 0 Å². The maximum atomic E-state index is 11.3. The summed E-state index contributed by atoms with van der Waals surface area (Å²) in [5, 5.41) is 0. The number of hydrogen-bond donors (Lipinski definition) is 0. The van der Waals surface area contributed by atoms with Crippen molar-refractivity contribution in [2.45, 2.75) is 40.0 Å². The molecule has 0 aromatic rings. The maximum absolute atomic E-state index is 11.3. The molecule has 0 unspecified atom stereocenters. The van der Waals surface area contributed by atoms with Gasteiger partial charge in [-0.05, 0) is 19.3 Å². The van der Waals surface area contributed by atoms with Crippen LogP contribution in [0, 0.1) is 5.92 Å². The molecule has 4 nitrogen and oxygen atoms in total. The van der Waals surface area contributed by atoms with E-state index in [2.05, 4.69) is 13.8 Å². The molecule has 0 atom stereocenters. The third kappa shape index (κ3) is 9.65. The van der Waals surface area contributed by atoms with Crippen molar-refractivity contribution in [1.29, 1.82) is 0 Å². The van der Waals surface area contributed by atoms with Gasteiger partial charge in [0, 0.05) is 13.0 Å². The molecule has 0 heterocycles. The maximum Gasteiger partial charge on any atom is 0.306 e. The normalized spacial score (nSPS) is 10.5. The molecule has 0 saturated carbocycles. The predicted octanol–water partition coefficient (Wildman–Crippen LogP) is 1.96. The third-order valence-corrected chi connectivity index (χ3v) is 2.02. The molecule has 0 radical (unpaired) electrons. The van der Waals surface area contributed by atoms with Crippen LogP contribution in [-0.2, 0) is 19.1 Å². The van der Waals surface area contributed by atoms with Gasteiger partial charge in [0.05, 0.1) is 13.0 Å². The molecule has 0 aromatic heterocycles. The summed E-state index contributed by atoms with van der Waals surface area (Å²) >= 11 is 0. The Labute approximate surface area is 97.3 Å². The van der Waals surface area contributed by atoms with E-state index in [9.17, 15) is 9.59 Å². The zero-order valence-electron chi connectivity index (χ0n) is 10.5. The van der Waals surface area contributed by atoms with E-state index in [-0.39, 0.29) is 31.2 Å². The first-order valence-corrected chi connectivity index (χ1v) is 5.81. The molecule has 0 aliphatic carbocycles. The van der Waals surface area contributed by atoms with E-state index in [1.807, 2.05) is 0 Å². The van der Waals surface area contributed by atoms with Crippen molar-refractivity contribution in [3.63, 3.8) is 0 Å². The second kappa shape index (κ2) is 9.33. The van der Waals surface area contributed by atoms with Crippen LogP contribution < -0.4 is 0 Å². The molecule has 0 aliphatic heterocycles. The van der Waals surface area contributed by atoms with E-state index < -0.39 is 0 Å². The fourth-order valence-electron chi connectivity index (χ4n) is 1.05. The molecular weight excluding hydrogens is 208 g/mol. The lowest BCUT2D eigenvalue weighted by molar-refractivity contribution is -0.144. The topological polar surface area (TPSA) is 52.6 Å². The molecule has 0 bridgehead atoms. The fourth-order valence-corrected chi connectivity index (χ4v) is 1.05. The third-order valence-electron chi connectivity index (χ3n) is 2.02. The molecule has 94 valence electrons. The van der Waals surface area contributed by atoms with E-state index in [4.69, 9.17) is 9.47 Å². The Morgan fingerprint density at radius 1 is 1.19 bits per heavy atom. The summed E-state index contributed by atoms with van der Waals surface area (Å²) in [6, 6.07) is 0. The minimum atomic E-state index is -0.321. The average molecular weight is 230 g/mol. The molecule has 0 rings (SSSR count). The number of ether oxygens (including phenoxy) is 2. The largest absolute Gasteiger partial charge is 0.466 e. The second-order valence-corrected chi connectivity index (χ2v) is 4.08. The van der Waals surface area contributed by atoms with E-state index >= 15 is 0 Å². The number of rotatable bonds is 9. The highest BCUT2D eigenvalue weighted by Crippen LogP contribution is 2.00. The zero-order valence-corrected chi connectivity index (χ0v) is 10.5. The van der Waals surface area contributed by atoms with Gasteiger partial charge in [0.15, 0.2) is 5.78 Å². The highest BCUT2D eigenvalue weighted by atomic mass is 16.5. The first-order valence-electron chi connectivity index (χ1n) is 5.81. The Hall–Kier alpha value is -0.900. The van der Waals surface area contributed by atoms with E-state index in [1.165, 1.54) is 0 Å². The molecule has 0 spiro atoms. The van der Waals surface area contributed by atoms with Crippen molar-refractivity contribution in [3.05, 3.63) is 0 Å². The van der Waals surface area contributed by atoms with Crippen molar-refractivity contribution in [2.24, 2.45) is 5.92 Å². The van der Waals surface area contributed by atoms with E-state index in [0.29, 0.717) is 19.1 Å². The van der Waals surface area contributed by atoms with Gasteiger partial charge >= 0.3 is 5.97 Å². The SMILES string of the molecule is CCOC(=O)CCC(=O)COCCC(C)C. The van der Waals surface area contributed by atoms with Gasteiger partial charge in [-0.3, -0.25) is 9.59 Å². The lowest BCUT2D eigenvalue weighted by Crippen LogP contribution is -2.13. The number of carbonyl (C=O) groups excluding carboxylic acids is 2. The molecule has 4 heteroatoms. The molecule has 0 aromatic carbocycles. The molecule has 0 fully saturated rings. The van der Waals surface area contributed by atoms with Gasteiger partial charge in [0.2, 0.25) is 0 Å². The predicted molar refractivity (Wildman–Crippen MR) is 61.1 cm³/mol. The molecule has 16 heavy (non-hydrogen) atoms. The summed E-state index contributed by atoms with van der Waals surface area (Å²) in [6.45, 7) is 7.01. The van der Waals surface area contributed by atoms with Gasteiger partial charge in [0.1, 0.15) is 6.61 Å². The molecule has 0 amide bonds. The van der Waals surface area contributed by atoms with Crippen LogP contribution in [0.15, 0.2) is 0 Å². The zero-order chi connectivity index (χ0) is 12.4. The quantitative estimate of drug-likeness (QED) is 0.449. The van der Waals surface area contributed by atoms with Crippen LogP contribution in [0.1, 0.15) is 40.0 Å². The van der Waals surface area contributed by atoms with Crippen molar-refractivity contribution in [1.82, 2.24) is 0 Å². The molecule has 0 aliphatic rings. The lowest BCUT2D eigenvalue weighted by Gasteiger charge is -2.05. The number of Topliss-reactive ketones (excluding diaryl/α,β-unsaturated/α-hetero) is 1. The van der Waals surface area contributed by atoms with Gasteiger partial charge in [0.25, 0.3) is 0 Å². The smallest absolute Gasteiger partial charge is 0.306 e. The summed E-state index contributed by atoms with van der Waals surface area (Å²) in [7, 11) is 0. The number of ketones is 1. The molecular formula is C12H22O4. The minimum absolute atomic E-state index is 0.0446. The highest BCUT2D eigenvalue weighted by molar-refractivity contribution is 5.83. The van der Waals surface area contributed by atoms with Crippen molar-refractivity contribution >= 4 is 11.8 Å². The Morgan fingerprint density at radius 3 is 2.44 bits per heavy atom. The highest BCUT2D eigenvalue weighted by Gasteiger charge is 2.07. The number of hydrogen-bond acceptors (Lipinski definition) is 4. The number of esters is 1. The Morgan fingerprint density at radius 2 is 1.88 bits per heavy atom. The van der Waals surface area contributed by atoms with Gasteiger partial charge in [-0.15, -0.1) is 0 Å². The first kappa shape index (κ1) is 15.1. The summed E-state index contributed by atoms with van der Waals surface area (Å²) in [5.41, 5.74) is 0. The first-order chi connectivity index (χ1) is 7.56. The Balaban J connectivity index is 3.41. The van der Waals surface area contributed by atoms with Crippen LogP contribution >= 0.6 is 0 Å². The molecule has 0 N–H and O–H groups in total. The lowest BCUT2D eigenvalue weighted by atomic mass is 10.1. The van der Waals surface area contributed by atoms with Crippen LogP contribution in [0.5, 0.6) is 0 Å². The summed E-state index contributed by atoms with van der Waals surface area (Å²) in [6.07, 6.45) is 1.31. The van der Waals surface area contributed by atoms with Crippen LogP contribution in [0.25, 0.3) is 0 Å². The van der Waals surface area contributed by atoms with E-state index in [0.717, 1.165) is 6.42 Å². The van der Waals surface area contributed by atoms with Crippen LogP contribution in [0.3, 0.4) is 0 Å². The standard InChI is InChI=1S/C12H22O4/c1-4-16-12(14)6-5-11(13)9-15-8-7-10(2)3/h10H,4-9H2,1-3H3. The van der Waals surface area contributed by atoms with E-state index in [1.54, 1.807) is 6.92 Å². The van der Waals surface area contributed by atoms with Crippen LogP contribution in [0.4, 0.5) is 0 Å². The fraction of sp³-hybridized carbons (Fsp3) is 0.833. The van der Waals surface area contributed by atoms with Gasteiger partial charge in [-0.1, -0.05) is 13.8 Å². The Bertz CT molecular complexity index is 211. The second-order valence-electron chi connectivity index (χ2n) is 4.08. The average Bonchev–Trinajstić information content (AvgIpc) is 2.22. The summed E-state index contributed by atoms with van der Waals surface area (Å²) < 4.78 is 9.91. The van der Waals surface area contributed by atoms with Crippen molar-refractivity contribution < 1.29 is 19.1 Å². The van der Waals surface area contributed by atoms with Gasteiger partial charge < -0.3 is 9.47 Å². The van der Waals surface area contributed by atoms with Crippen LogP contribution in [0.2, 0.25) is 0 Å². The Kier molecular flexibility index (Phi) is 8.81. The summed E-state index contributed by atoms with van der Waals surface area (Å²) in [4.78, 5) is 22.2. The monoisotopic (exact) mass is 230 g/mol. The van der Waals surface area contributed by atoms with Crippen LogP contribution in [-0.4, -0.2) is 31.6 Å². The molecule has 0 saturated heterocycles. The van der Waals surface area contributed by atoms with Crippen molar-refractivity contribution in [2.75, 3.05) is 19.8 Å². The van der Waals surface area contributed by atoms with Gasteiger partial charge in [-0.2, -0.15) is 0 Å².